The molecule has 0 spiro atoms. The third-order valence-corrected chi connectivity index (χ3v) is 7.54. The van der Waals surface area contributed by atoms with Gasteiger partial charge in [-0.2, -0.15) is 0 Å². The molecule has 0 atom stereocenters. The van der Waals surface area contributed by atoms with Crippen molar-refractivity contribution in [3.63, 3.8) is 0 Å². The molecule has 0 radical (unpaired) electrons. The number of aromatic nitrogens is 2. The van der Waals surface area contributed by atoms with Gasteiger partial charge in [-0.3, -0.25) is 4.98 Å². The van der Waals surface area contributed by atoms with E-state index in [0.29, 0.717) is 11.4 Å². The number of phenolic OH excluding ortho intramolecular Hbond substituents is 1. The first-order valence-electron chi connectivity index (χ1n) is 12.8. The molecule has 0 bridgehead atoms. The van der Waals surface area contributed by atoms with Crippen molar-refractivity contribution in [1.82, 2.24) is 9.97 Å². The Kier molecular flexibility index (Phi) is 6.65. The van der Waals surface area contributed by atoms with Crippen molar-refractivity contribution in [2.45, 2.75) is 46.0 Å². The standard InChI is InChI=1S/C33H30N3O.Pt/c1-20(2)23-12-15-30(37)32-24(23)11-14-27(35-32)22-10-13-26-29(19-22)36(31-18-21(3)16-17-34-31)28-9-7-6-8-25(28)33(26,4)5;/h6-18,20,37H,1-5H3;/q-1;. The normalized spacial score (nSPS) is 13.7. The molecule has 2 aromatic heterocycles. The summed E-state index contributed by atoms with van der Waals surface area (Å²) in [6, 6.07) is 28.5. The van der Waals surface area contributed by atoms with Gasteiger partial charge in [-0.15, -0.1) is 23.8 Å². The number of aryl methyl sites for hydroxylation is 1. The Labute approximate surface area is 238 Å². The van der Waals surface area contributed by atoms with Crippen molar-refractivity contribution in [3.05, 3.63) is 107 Å². The summed E-state index contributed by atoms with van der Waals surface area (Å²) in [5, 5.41) is 11.6. The zero-order valence-corrected chi connectivity index (χ0v) is 24.5. The Morgan fingerprint density at radius 1 is 0.921 bits per heavy atom. The number of pyridine rings is 2. The molecule has 0 saturated carbocycles. The van der Waals surface area contributed by atoms with Crippen LogP contribution in [0.1, 0.15) is 55.9 Å². The SMILES string of the molecule is Cc1ccnc(N2c3[c-]c(-c4ccc5c(C(C)C)ccc(O)c5n4)ccc3C(C)(C)c3ccccc32)c1.[Pt]. The Morgan fingerprint density at radius 2 is 1.71 bits per heavy atom. The van der Waals surface area contributed by atoms with E-state index >= 15 is 0 Å². The molecule has 194 valence electrons. The summed E-state index contributed by atoms with van der Waals surface area (Å²) in [4.78, 5) is 11.9. The van der Waals surface area contributed by atoms with E-state index in [0.717, 1.165) is 39.4 Å². The van der Waals surface area contributed by atoms with Crippen LogP contribution in [0.5, 0.6) is 5.75 Å². The predicted octanol–water partition coefficient (Wildman–Crippen LogP) is 8.34. The maximum absolute atomic E-state index is 10.6. The molecule has 3 aromatic carbocycles. The average molecular weight is 680 g/mol. The summed E-state index contributed by atoms with van der Waals surface area (Å²) < 4.78 is 0. The first kappa shape index (κ1) is 26.1. The number of fused-ring (bicyclic) bond motifs is 3. The van der Waals surface area contributed by atoms with Gasteiger partial charge in [0.1, 0.15) is 17.1 Å². The second-order valence-corrected chi connectivity index (χ2v) is 10.7. The van der Waals surface area contributed by atoms with Gasteiger partial charge in [0.25, 0.3) is 0 Å². The molecule has 4 nitrogen and oxygen atoms in total. The fourth-order valence-corrected chi connectivity index (χ4v) is 5.53. The number of rotatable bonds is 3. The Hall–Kier alpha value is -3.49. The number of anilines is 3. The largest absolute Gasteiger partial charge is 0.506 e. The van der Waals surface area contributed by atoms with E-state index in [4.69, 9.17) is 9.97 Å². The third kappa shape index (κ3) is 4.12. The zero-order chi connectivity index (χ0) is 25.9. The van der Waals surface area contributed by atoms with Crippen molar-refractivity contribution < 1.29 is 26.2 Å². The summed E-state index contributed by atoms with van der Waals surface area (Å²) in [6.07, 6.45) is 1.86. The monoisotopic (exact) mass is 679 g/mol. The van der Waals surface area contributed by atoms with Crippen LogP contribution >= 0.6 is 0 Å². The molecule has 0 saturated heterocycles. The molecule has 5 aromatic rings. The predicted molar refractivity (Wildman–Crippen MR) is 151 cm³/mol. The summed E-state index contributed by atoms with van der Waals surface area (Å²) in [5.74, 6) is 1.40. The van der Waals surface area contributed by atoms with Crippen LogP contribution in [0, 0.1) is 13.0 Å². The van der Waals surface area contributed by atoms with Gasteiger partial charge >= 0.3 is 0 Å². The minimum absolute atomic E-state index is 0. The maximum atomic E-state index is 10.6. The van der Waals surface area contributed by atoms with Crippen LogP contribution in [0.15, 0.2) is 79.0 Å². The van der Waals surface area contributed by atoms with Gasteiger partial charge in [-0.1, -0.05) is 69.7 Å². The summed E-state index contributed by atoms with van der Waals surface area (Å²) in [5.41, 5.74) is 8.92. The molecular weight excluding hydrogens is 649 g/mol. The molecule has 0 fully saturated rings. The van der Waals surface area contributed by atoms with Gasteiger partial charge in [-0.25, -0.2) is 4.98 Å². The molecule has 1 aliphatic rings. The topological polar surface area (TPSA) is 49.2 Å². The van der Waals surface area contributed by atoms with Gasteiger partial charge < -0.3 is 10.0 Å². The number of hydrogen-bond acceptors (Lipinski definition) is 4. The quantitative estimate of drug-likeness (QED) is 0.195. The van der Waals surface area contributed by atoms with E-state index in [1.807, 2.05) is 24.4 Å². The number of hydrogen-bond donors (Lipinski definition) is 1. The minimum atomic E-state index is -0.206. The maximum Gasteiger partial charge on any atom is 0.140 e. The van der Waals surface area contributed by atoms with Crippen molar-refractivity contribution in [2.24, 2.45) is 0 Å². The van der Waals surface area contributed by atoms with E-state index in [1.54, 1.807) is 6.07 Å². The van der Waals surface area contributed by atoms with E-state index in [2.05, 4.69) is 94.1 Å². The summed E-state index contributed by atoms with van der Waals surface area (Å²) in [7, 11) is 0. The summed E-state index contributed by atoms with van der Waals surface area (Å²) >= 11 is 0. The van der Waals surface area contributed by atoms with E-state index in [9.17, 15) is 5.11 Å². The van der Waals surface area contributed by atoms with E-state index < -0.39 is 0 Å². The molecule has 0 amide bonds. The number of para-hydroxylation sites is 1. The van der Waals surface area contributed by atoms with E-state index in [-0.39, 0.29) is 32.2 Å². The Balaban J connectivity index is 0.00000294. The number of benzene rings is 3. The molecule has 3 heterocycles. The number of aromatic hydroxyl groups is 1. The molecular formula is C33H30N3OPt-. The molecule has 5 heteroatoms. The number of phenols is 1. The molecule has 1 N–H and O–H groups in total. The van der Waals surface area contributed by atoms with Crippen LogP contribution < -0.4 is 4.90 Å². The fraction of sp³-hybridized carbons (Fsp3) is 0.212. The van der Waals surface area contributed by atoms with Crippen LogP contribution in [0.25, 0.3) is 22.2 Å². The Morgan fingerprint density at radius 3 is 2.47 bits per heavy atom. The smallest absolute Gasteiger partial charge is 0.140 e. The van der Waals surface area contributed by atoms with Crippen molar-refractivity contribution in [3.8, 4) is 17.0 Å². The van der Waals surface area contributed by atoms with Crippen molar-refractivity contribution in [1.29, 1.82) is 0 Å². The van der Waals surface area contributed by atoms with Crippen molar-refractivity contribution >= 4 is 28.1 Å². The Bertz CT molecular complexity index is 1680. The van der Waals surface area contributed by atoms with Gasteiger partial charge in [0.05, 0.1) is 0 Å². The van der Waals surface area contributed by atoms with Crippen LogP contribution in [0.3, 0.4) is 0 Å². The van der Waals surface area contributed by atoms with Crippen LogP contribution in [-0.4, -0.2) is 15.1 Å². The first-order chi connectivity index (χ1) is 17.8. The molecule has 6 rings (SSSR count). The zero-order valence-electron chi connectivity index (χ0n) is 22.2. The van der Waals surface area contributed by atoms with Crippen molar-refractivity contribution in [2.75, 3.05) is 4.90 Å². The first-order valence-corrected chi connectivity index (χ1v) is 12.8. The molecule has 0 unspecified atom stereocenters. The second kappa shape index (κ2) is 9.67. The van der Waals surface area contributed by atoms with Crippen LogP contribution in [0.2, 0.25) is 0 Å². The van der Waals surface area contributed by atoms with Gasteiger partial charge in [0.15, 0.2) is 0 Å². The van der Waals surface area contributed by atoms with Crippen LogP contribution in [0.4, 0.5) is 17.2 Å². The van der Waals surface area contributed by atoms with E-state index in [1.165, 1.54) is 16.7 Å². The van der Waals surface area contributed by atoms with Gasteiger partial charge in [0, 0.05) is 38.3 Å². The van der Waals surface area contributed by atoms with Crippen LogP contribution in [-0.2, 0) is 26.5 Å². The second-order valence-electron chi connectivity index (χ2n) is 10.7. The molecule has 0 aliphatic carbocycles. The molecule has 38 heavy (non-hydrogen) atoms. The van der Waals surface area contributed by atoms with Gasteiger partial charge in [0.2, 0.25) is 0 Å². The summed E-state index contributed by atoms with van der Waals surface area (Å²) in [6.45, 7) is 10.9. The minimum Gasteiger partial charge on any atom is -0.506 e. The fourth-order valence-electron chi connectivity index (χ4n) is 5.53. The molecule has 1 aliphatic heterocycles. The average Bonchev–Trinajstić information content (AvgIpc) is 2.88. The number of nitrogens with zero attached hydrogens (tertiary/aromatic N) is 3. The third-order valence-electron chi connectivity index (χ3n) is 7.54. The van der Waals surface area contributed by atoms with Gasteiger partial charge in [-0.05, 0) is 70.6 Å².